The number of rotatable bonds is 12. The van der Waals surface area contributed by atoms with Crippen molar-refractivity contribution in [1.29, 1.82) is 0 Å². The van der Waals surface area contributed by atoms with Gasteiger partial charge >= 0.3 is 0 Å². The Bertz CT molecular complexity index is 1640. The van der Waals surface area contributed by atoms with Gasteiger partial charge in [-0.05, 0) is 90.6 Å². The predicted molar refractivity (Wildman–Crippen MR) is 182 cm³/mol. The zero-order valence-electron chi connectivity index (χ0n) is 25.5. The molecular weight excluding hydrogens is 564 g/mol. The first-order chi connectivity index (χ1) is 21.6. The van der Waals surface area contributed by atoms with E-state index in [-0.39, 0.29) is 0 Å². The lowest BCUT2D eigenvalue weighted by atomic mass is 9.88. The highest BCUT2D eigenvalue weighted by Crippen LogP contribution is 2.35. The normalized spacial score (nSPS) is 12.5. The van der Waals surface area contributed by atoms with E-state index in [2.05, 4.69) is 155 Å². The molecule has 0 radical (unpaired) electrons. The summed E-state index contributed by atoms with van der Waals surface area (Å²) in [6.45, 7) is 10.1. The van der Waals surface area contributed by atoms with E-state index in [0.29, 0.717) is 0 Å². The third-order valence-electron chi connectivity index (χ3n) is 7.87. The lowest BCUT2D eigenvalue weighted by molar-refractivity contribution is -0.539. The second-order valence-electron chi connectivity index (χ2n) is 10.7. The van der Waals surface area contributed by atoms with Gasteiger partial charge in [0, 0.05) is 41.4 Å². The highest BCUT2D eigenvalue weighted by atomic mass is 32.2. The van der Waals surface area contributed by atoms with Gasteiger partial charge < -0.3 is 4.90 Å². The minimum Gasteiger partial charge on any atom is -0.367 e. The van der Waals surface area contributed by atoms with Gasteiger partial charge in [0.1, 0.15) is 6.54 Å². The molecule has 0 unspecified atom stereocenters. The number of nitrogens with zero attached hydrogens (tertiary/aromatic N) is 2. The minimum atomic E-state index is 0.837. The van der Waals surface area contributed by atoms with Crippen molar-refractivity contribution in [2.45, 2.75) is 38.8 Å². The molecule has 0 spiro atoms. The Morgan fingerprint density at radius 3 is 2.05 bits per heavy atom. The van der Waals surface area contributed by atoms with Crippen molar-refractivity contribution in [3.63, 3.8) is 0 Å². The van der Waals surface area contributed by atoms with Crippen molar-refractivity contribution >= 4 is 29.0 Å². The fraction of sp³-hybridized carbons (Fsp3) is 0.184. The highest BCUT2D eigenvalue weighted by molar-refractivity contribution is 7.94. The van der Waals surface area contributed by atoms with Gasteiger partial charge in [0.05, 0.1) is 12.0 Å². The Hall–Kier alpha value is -4.20. The highest BCUT2D eigenvalue weighted by Gasteiger charge is 2.18. The van der Waals surface area contributed by atoms with Crippen LogP contribution in [0.5, 0.6) is 0 Å². The molecule has 224 valence electrons. The molecule has 1 N–H and O–H groups in total. The molecule has 0 saturated heterocycles. The molecule has 5 rings (SSSR count). The number of anilines is 1. The largest absolute Gasteiger partial charge is 0.367 e. The summed E-state index contributed by atoms with van der Waals surface area (Å²) >= 11 is 0.971. The average molecular weight is 604 g/mol. The van der Waals surface area contributed by atoms with Gasteiger partial charge in [-0.15, -0.1) is 4.33 Å². The van der Waals surface area contributed by atoms with E-state index in [1.807, 2.05) is 12.1 Å². The van der Waals surface area contributed by atoms with Gasteiger partial charge in [-0.25, -0.2) is 9.83 Å². The van der Waals surface area contributed by atoms with Crippen molar-refractivity contribution in [1.82, 2.24) is 0 Å². The van der Waals surface area contributed by atoms with E-state index < -0.39 is 0 Å². The van der Waals surface area contributed by atoms with Crippen molar-refractivity contribution in [2.24, 2.45) is 0 Å². The molecule has 0 heterocycles. The third kappa shape index (κ3) is 7.84. The van der Waals surface area contributed by atoms with Gasteiger partial charge in [-0.3, -0.25) is 0 Å². The maximum Gasteiger partial charge on any atom is 0.200 e. The molecule has 0 aromatic heterocycles. The summed E-state index contributed by atoms with van der Waals surface area (Å²) in [6.07, 6.45) is 8.90. The van der Waals surface area contributed by atoms with Crippen molar-refractivity contribution < 1.29 is 19.2 Å². The van der Waals surface area contributed by atoms with Crippen LogP contribution in [0.25, 0.3) is 5.57 Å². The van der Waals surface area contributed by atoms with E-state index in [4.69, 9.17) is 5.26 Å². The smallest absolute Gasteiger partial charge is 0.200 e. The number of benzene rings is 4. The third-order valence-corrected chi connectivity index (χ3v) is 8.44. The zero-order chi connectivity index (χ0) is 30.7. The molecule has 0 amide bonds. The van der Waals surface area contributed by atoms with Crippen LogP contribution in [0.3, 0.4) is 0 Å². The van der Waals surface area contributed by atoms with Crippen LogP contribution < -0.4 is 4.90 Å². The van der Waals surface area contributed by atoms with Crippen molar-refractivity contribution in [3.05, 3.63) is 161 Å². The molecule has 6 heteroatoms. The Morgan fingerprint density at radius 2 is 1.45 bits per heavy atom. The van der Waals surface area contributed by atoms with Crippen molar-refractivity contribution in [2.75, 3.05) is 18.0 Å². The van der Waals surface area contributed by atoms with Gasteiger partial charge in [-0.1, -0.05) is 83.9 Å². The molecule has 0 bridgehead atoms. The predicted octanol–water partition coefficient (Wildman–Crippen LogP) is 9.05. The number of hydrogen-bond donors (Lipinski definition) is 1. The SMILES string of the molecule is CCN(Cc1ccccc1)c1ccc(C(=C2C=CC(=[N+](CC)Cc3ccccc3)C=C2)c2ccc(SOOO)cc2C)cc1. The van der Waals surface area contributed by atoms with E-state index in [0.717, 1.165) is 71.0 Å². The molecule has 0 fully saturated rings. The number of aryl methyl sites for hydroxylation is 1. The van der Waals surface area contributed by atoms with Crippen LogP contribution in [0, 0.1) is 6.92 Å². The quantitative estimate of drug-likeness (QED) is 0.0758. The maximum absolute atomic E-state index is 8.61. The maximum atomic E-state index is 8.61. The number of hydrogen-bond acceptors (Lipinski definition) is 5. The Balaban J connectivity index is 1.51. The summed E-state index contributed by atoms with van der Waals surface area (Å²) in [5, 5.41) is 12.4. The first-order valence-electron chi connectivity index (χ1n) is 15.0. The van der Waals surface area contributed by atoms with E-state index >= 15 is 0 Å². The lowest BCUT2D eigenvalue weighted by Gasteiger charge is -2.24. The molecule has 1 aliphatic rings. The summed E-state index contributed by atoms with van der Waals surface area (Å²) in [5.41, 5.74) is 10.7. The molecule has 5 nitrogen and oxygen atoms in total. The Kier molecular flexibility index (Phi) is 11.0. The van der Waals surface area contributed by atoms with E-state index in [1.54, 1.807) is 0 Å². The first kappa shape index (κ1) is 31.2. The monoisotopic (exact) mass is 603 g/mol. The van der Waals surface area contributed by atoms with Crippen LogP contribution in [0.4, 0.5) is 5.69 Å². The van der Waals surface area contributed by atoms with Crippen LogP contribution in [0.2, 0.25) is 0 Å². The van der Waals surface area contributed by atoms with Crippen LogP contribution >= 0.6 is 12.0 Å². The summed E-state index contributed by atoms with van der Waals surface area (Å²) in [6, 6.07) is 36.2. The molecule has 4 aromatic carbocycles. The van der Waals surface area contributed by atoms with Gasteiger partial charge in [-0.2, -0.15) is 0 Å². The molecule has 44 heavy (non-hydrogen) atoms. The molecule has 0 saturated carbocycles. The fourth-order valence-corrected chi connectivity index (χ4v) is 6.01. The van der Waals surface area contributed by atoms with Crippen LogP contribution in [-0.2, 0) is 22.5 Å². The van der Waals surface area contributed by atoms with Crippen LogP contribution in [0.1, 0.15) is 41.7 Å². The zero-order valence-corrected chi connectivity index (χ0v) is 26.3. The number of allylic oxidation sites excluding steroid dienone is 5. The molecule has 0 aliphatic heterocycles. The summed E-state index contributed by atoms with van der Waals surface area (Å²) in [7, 11) is 0. The molecule has 0 atom stereocenters. The second kappa shape index (κ2) is 15.5. The van der Waals surface area contributed by atoms with E-state index in [9.17, 15) is 0 Å². The summed E-state index contributed by atoms with van der Waals surface area (Å²) in [5.74, 6) is 0. The lowest BCUT2D eigenvalue weighted by Crippen LogP contribution is -2.21. The summed E-state index contributed by atoms with van der Waals surface area (Å²) in [4.78, 5) is 3.23. The van der Waals surface area contributed by atoms with Gasteiger partial charge in [0.25, 0.3) is 0 Å². The molecule has 1 aliphatic carbocycles. The second-order valence-corrected chi connectivity index (χ2v) is 11.4. The van der Waals surface area contributed by atoms with Crippen LogP contribution in [-0.4, -0.2) is 28.6 Å². The summed E-state index contributed by atoms with van der Waals surface area (Å²) < 4.78 is 7.07. The topological polar surface area (TPSA) is 44.9 Å². The Labute approximate surface area is 265 Å². The van der Waals surface area contributed by atoms with Gasteiger partial charge in [0.15, 0.2) is 12.3 Å². The Morgan fingerprint density at radius 1 is 0.795 bits per heavy atom. The van der Waals surface area contributed by atoms with Crippen LogP contribution in [0.15, 0.2) is 138 Å². The average Bonchev–Trinajstić information content (AvgIpc) is 3.08. The first-order valence-corrected chi connectivity index (χ1v) is 15.7. The molecule has 4 aromatic rings. The van der Waals surface area contributed by atoms with Crippen molar-refractivity contribution in [3.8, 4) is 0 Å². The standard InChI is InChI=1S/C38H38N2O3S/c1-4-39(27-30-12-8-6-9-13-30)34-20-16-32(17-21-34)38(37-25-24-36(26-29(37)3)44-43-42-41)33-18-22-35(23-19-33)40(5-2)28-31-14-10-7-11-15-31/h6-26H,4-5,27-28H2,1-3H3/p+1. The fourth-order valence-electron chi connectivity index (χ4n) is 5.56. The van der Waals surface area contributed by atoms with Gasteiger partial charge in [0.2, 0.25) is 0 Å². The van der Waals surface area contributed by atoms with E-state index in [1.165, 1.54) is 22.5 Å². The molecular formula is C38H39N2O3S+. The minimum absolute atomic E-state index is 0.837.